The van der Waals surface area contributed by atoms with Crippen molar-refractivity contribution in [2.24, 2.45) is 0 Å². The van der Waals surface area contributed by atoms with Crippen LogP contribution in [0.15, 0.2) is 0 Å². The molecule has 2 unspecified atom stereocenters. The molecule has 5 heteroatoms. The van der Waals surface area contributed by atoms with E-state index in [1.54, 1.807) is 13.8 Å². The van der Waals surface area contributed by atoms with E-state index in [4.69, 9.17) is 9.47 Å². The van der Waals surface area contributed by atoms with Gasteiger partial charge < -0.3 is 14.2 Å². The lowest BCUT2D eigenvalue weighted by Gasteiger charge is -2.36. The van der Waals surface area contributed by atoms with Crippen LogP contribution in [0.5, 0.6) is 0 Å². The summed E-state index contributed by atoms with van der Waals surface area (Å²) < 4.78 is 15.0. The number of hydrogen-bond donors (Lipinski definition) is 0. The number of ether oxygens (including phenoxy) is 3. The molecule has 1 saturated heterocycles. The van der Waals surface area contributed by atoms with Gasteiger partial charge in [-0.1, -0.05) is 13.8 Å². The highest BCUT2D eigenvalue weighted by Crippen LogP contribution is 2.42. The third-order valence-electron chi connectivity index (χ3n) is 3.19. The number of rotatable bonds is 4. The summed E-state index contributed by atoms with van der Waals surface area (Å²) in [5.74, 6) is -1.33. The van der Waals surface area contributed by atoms with Gasteiger partial charge in [-0.25, -0.2) is 9.59 Å². The molecule has 0 spiro atoms. The standard InChI is InChI=1S/C10H16O5/c1-5-9(13-3)7(11)15-8(12)10(9,6-2)14-4/h5-6H2,1-4H3. The van der Waals surface area contributed by atoms with Crippen LogP contribution >= 0.6 is 0 Å². The molecular weight excluding hydrogens is 200 g/mol. The number of carbonyl (C=O) groups is 2. The third kappa shape index (κ3) is 1.23. The quantitative estimate of drug-likeness (QED) is 0.510. The Hall–Kier alpha value is -0.940. The van der Waals surface area contributed by atoms with Gasteiger partial charge >= 0.3 is 11.9 Å². The van der Waals surface area contributed by atoms with Crippen molar-refractivity contribution in [2.45, 2.75) is 37.9 Å². The smallest absolute Gasteiger partial charge is 0.349 e. The van der Waals surface area contributed by atoms with E-state index in [-0.39, 0.29) is 0 Å². The van der Waals surface area contributed by atoms with Crippen molar-refractivity contribution in [1.29, 1.82) is 0 Å². The molecule has 0 aromatic carbocycles. The minimum Gasteiger partial charge on any atom is -0.389 e. The van der Waals surface area contributed by atoms with Crippen molar-refractivity contribution in [3.05, 3.63) is 0 Å². The van der Waals surface area contributed by atoms with Crippen LogP contribution in [-0.2, 0) is 23.8 Å². The van der Waals surface area contributed by atoms with Crippen LogP contribution < -0.4 is 0 Å². The van der Waals surface area contributed by atoms with Crippen LogP contribution in [0.25, 0.3) is 0 Å². The summed E-state index contributed by atoms with van der Waals surface area (Å²) in [6.07, 6.45) is 0.658. The van der Waals surface area contributed by atoms with E-state index in [1.807, 2.05) is 0 Å². The molecule has 1 heterocycles. The summed E-state index contributed by atoms with van der Waals surface area (Å²) >= 11 is 0. The predicted octanol–water partition coefficient (Wildman–Crippen LogP) is 0.660. The first-order chi connectivity index (χ1) is 7.04. The van der Waals surface area contributed by atoms with Crippen molar-refractivity contribution >= 4 is 11.9 Å². The van der Waals surface area contributed by atoms with Crippen LogP contribution in [0.4, 0.5) is 0 Å². The number of carbonyl (C=O) groups excluding carboxylic acids is 2. The van der Waals surface area contributed by atoms with Crippen molar-refractivity contribution in [3.63, 3.8) is 0 Å². The van der Waals surface area contributed by atoms with Crippen LogP contribution in [0, 0.1) is 0 Å². The van der Waals surface area contributed by atoms with Crippen molar-refractivity contribution in [2.75, 3.05) is 14.2 Å². The highest BCUT2D eigenvalue weighted by atomic mass is 16.7. The molecule has 0 amide bonds. The van der Waals surface area contributed by atoms with E-state index in [1.165, 1.54) is 14.2 Å². The maximum Gasteiger partial charge on any atom is 0.349 e. The second-order valence-corrected chi connectivity index (χ2v) is 3.45. The molecule has 1 fully saturated rings. The average Bonchev–Trinajstić information content (AvgIpc) is 2.46. The fourth-order valence-electron chi connectivity index (χ4n) is 2.22. The minimum absolute atomic E-state index is 0.329. The van der Waals surface area contributed by atoms with Gasteiger partial charge in [-0.05, 0) is 12.8 Å². The lowest BCUT2D eigenvalue weighted by molar-refractivity contribution is -0.183. The zero-order valence-electron chi connectivity index (χ0n) is 9.46. The summed E-state index contributed by atoms with van der Waals surface area (Å²) in [5.41, 5.74) is -2.62. The summed E-state index contributed by atoms with van der Waals surface area (Å²) in [4.78, 5) is 23.3. The molecule has 5 nitrogen and oxygen atoms in total. The maximum absolute atomic E-state index is 11.7. The largest absolute Gasteiger partial charge is 0.389 e. The van der Waals surface area contributed by atoms with Crippen molar-refractivity contribution in [1.82, 2.24) is 0 Å². The Kier molecular flexibility index (Phi) is 3.16. The van der Waals surface area contributed by atoms with Crippen LogP contribution in [0.2, 0.25) is 0 Å². The van der Waals surface area contributed by atoms with E-state index in [2.05, 4.69) is 4.74 Å². The van der Waals surface area contributed by atoms with Gasteiger partial charge in [0.15, 0.2) is 0 Å². The predicted molar refractivity (Wildman–Crippen MR) is 51.2 cm³/mol. The fraction of sp³-hybridized carbons (Fsp3) is 0.800. The monoisotopic (exact) mass is 216 g/mol. The second kappa shape index (κ2) is 3.90. The highest BCUT2D eigenvalue weighted by molar-refractivity contribution is 6.05. The van der Waals surface area contributed by atoms with Gasteiger partial charge in [0.25, 0.3) is 0 Å². The summed E-state index contributed by atoms with van der Waals surface area (Å²) in [6, 6.07) is 0. The number of hydrogen-bond acceptors (Lipinski definition) is 5. The maximum atomic E-state index is 11.7. The lowest BCUT2D eigenvalue weighted by atomic mass is 9.80. The minimum atomic E-state index is -1.31. The SMILES string of the molecule is CCC1(OC)C(=O)OC(=O)C1(CC)OC. The summed E-state index contributed by atoms with van der Waals surface area (Å²) in [6.45, 7) is 3.51. The van der Waals surface area contributed by atoms with E-state index < -0.39 is 23.1 Å². The fourth-order valence-corrected chi connectivity index (χ4v) is 2.22. The van der Waals surface area contributed by atoms with E-state index >= 15 is 0 Å². The Morgan fingerprint density at radius 1 is 1.00 bits per heavy atom. The Morgan fingerprint density at radius 3 is 1.53 bits per heavy atom. The van der Waals surface area contributed by atoms with E-state index in [9.17, 15) is 9.59 Å². The molecular formula is C10H16O5. The molecule has 0 aliphatic carbocycles. The van der Waals surface area contributed by atoms with Gasteiger partial charge in [0.1, 0.15) is 0 Å². The van der Waals surface area contributed by atoms with Gasteiger partial charge in [-0.3, -0.25) is 0 Å². The first-order valence-corrected chi connectivity index (χ1v) is 4.91. The van der Waals surface area contributed by atoms with Crippen molar-refractivity contribution < 1.29 is 23.8 Å². The highest BCUT2D eigenvalue weighted by Gasteiger charge is 2.68. The van der Waals surface area contributed by atoms with Gasteiger partial charge in [-0.2, -0.15) is 0 Å². The molecule has 0 radical (unpaired) electrons. The van der Waals surface area contributed by atoms with Gasteiger partial charge in [0.05, 0.1) is 0 Å². The summed E-state index contributed by atoms with van der Waals surface area (Å²) in [7, 11) is 2.76. The Labute approximate surface area is 88.7 Å². The number of esters is 2. The molecule has 0 aromatic heterocycles. The lowest BCUT2D eigenvalue weighted by Crippen LogP contribution is -2.58. The second-order valence-electron chi connectivity index (χ2n) is 3.45. The van der Waals surface area contributed by atoms with Crippen LogP contribution in [-0.4, -0.2) is 37.4 Å². The van der Waals surface area contributed by atoms with Crippen molar-refractivity contribution in [3.8, 4) is 0 Å². The molecule has 15 heavy (non-hydrogen) atoms. The van der Waals surface area contributed by atoms with E-state index in [0.29, 0.717) is 12.8 Å². The average molecular weight is 216 g/mol. The number of methoxy groups -OCH3 is 2. The third-order valence-corrected chi connectivity index (χ3v) is 3.19. The van der Waals surface area contributed by atoms with E-state index in [0.717, 1.165) is 0 Å². The molecule has 86 valence electrons. The molecule has 0 aromatic rings. The zero-order chi connectivity index (χ0) is 11.7. The van der Waals surface area contributed by atoms with Gasteiger partial charge in [0, 0.05) is 14.2 Å². The zero-order valence-corrected chi connectivity index (χ0v) is 9.46. The van der Waals surface area contributed by atoms with Gasteiger partial charge in [0.2, 0.25) is 11.2 Å². The number of cyclic esters (lactones) is 2. The molecule has 1 aliphatic heterocycles. The first kappa shape index (κ1) is 12.1. The molecule has 0 bridgehead atoms. The van der Waals surface area contributed by atoms with Crippen LogP contribution in [0.1, 0.15) is 26.7 Å². The molecule has 1 rings (SSSR count). The molecule has 0 N–H and O–H groups in total. The topological polar surface area (TPSA) is 61.8 Å². The summed E-state index contributed by atoms with van der Waals surface area (Å²) in [5, 5.41) is 0. The molecule has 0 saturated carbocycles. The normalized spacial score (nSPS) is 35.7. The Bertz CT molecular complexity index is 248. The molecule has 1 aliphatic rings. The molecule has 2 atom stereocenters. The van der Waals surface area contributed by atoms with Gasteiger partial charge in [-0.15, -0.1) is 0 Å². The van der Waals surface area contributed by atoms with Crippen LogP contribution in [0.3, 0.4) is 0 Å². The Morgan fingerprint density at radius 2 is 1.33 bits per heavy atom. The first-order valence-electron chi connectivity index (χ1n) is 4.91. The Balaban J connectivity index is 3.31.